The number of hydrazine groups is 1. The van der Waals surface area contributed by atoms with Crippen LogP contribution < -0.4 is 46.8 Å². The summed E-state index contributed by atoms with van der Waals surface area (Å²) in [6.45, 7) is 13.8. The van der Waals surface area contributed by atoms with E-state index in [1.165, 1.54) is 21.9 Å². The maximum Gasteiger partial charge on any atom is 0.414 e. The summed E-state index contributed by atoms with van der Waals surface area (Å²) in [5.41, 5.74) is 18.1. The second-order valence-electron chi connectivity index (χ2n) is 27.6. The van der Waals surface area contributed by atoms with Crippen LogP contribution in [0.4, 0.5) is 62.1 Å². The zero-order valence-electron chi connectivity index (χ0n) is 58.5. The Hall–Kier alpha value is -10.6. The van der Waals surface area contributed by atoms with Crippen molar-refractivity contribution in [3.8, 4) is 11.1 Å². The van der Waals surface area contributed by atoms with E-state index in [-0.39, 0.29) is 82.7 Å². The fourth-order valence-electron chi connectivity index (χ4n) is 12.7. The van der Waals surface area contributed by atoms with Crippen LogP contribution in [0, 0.1) is 11.6 Å². The first kappa shape index (κ1) is 75.1. The van der Waals surface area contributed by atoms with Gasteiger partial charge in [0.1, 0.15) is 41.7 Å². The van der Waals surface area contributed by atoms with E-state index >= 15 is 8.78 Å². The molecule has 1 aliphatic carbocycles. The Balaban J connectivity index is 0.000000241. The number of anilines is 6. The van der Waals surface area contributed by atoms with Crippen molar-refractivity contribution >= 4 is 82.1 Å². The van der Waals surface area contributed by atoms with Gasteiger partial charge in [0, 0.05) is 82.5 Å². The van der Waals surface area contributed by atoms with Gasteiger partial charge in [-0.3, -0.25) is 24.2 Å². The molecule has 0 spiro atoms. The zero-order chi connectivity index (χ0) is 73.7. The molecule has 548 valence electrons. The molecule has 6 aromatic rings. The largest absolute Gasteiger partial charge is 0.459 e. The van der Waals surface area contributed by atoms with Crippen LogP contribution in [-0.4, -0.2) is 183 Å². The highest BCUT2D eigenvalue weighted by Crippen LogP contribution is 2.45. The van der Waals surface area contributed by atoms with Gasteiger partial charge in [-0.05, 0) is 148 Å². The second kappa shape index (κ2) is 33.5. The number of benzene rings is 6. The molecule has 8 N–H and O–H groups in total. The minimum absolute atomic E-state index is 0.0437. The van der Waals surface area contributed by atoms with Crippen LogP contribution >= 0.6 is 0 Å². The van der Waals surface area contributed by atoms with Crippen molar-refractivity contribution in [3.05, 3.63) is 167 Å². The van der Waals surface area contributed by atoms with Crippen molar-refractivity contribution in [1.82, 2.24) is 25.9 Å². The van der Waals surface area contributed by atoms with E-state index in [2.05, 4.69) is 21.5 Å². The van der Waals surface area contributed by atoms with Crippen LogP contribution in [0.5, 0.6) is 0 Å². The van der Waals surface area contributed by atoms with E-state index in [4.69, 9.17) is 29.4 Å². The Morgan fingerprint density at radius 2 is 1.02 bits per heavy atom. The Labute approximate surface area is 596 Å². The van der Waals surface area contributed by atoms with Gasteiger partial charge in [-0.15, -0.1) is 0 Å². The zero-order valence-corrected chi connectivity index (χ0v) is 58.5. The number of hydrogen-bond acceptors (Lipinski definition) is 20. The molecule has 5 aliphatic rings. The van der Waals surface area contributed by atoms with Gasteiger partial charge in [0.25, 0.3) is 5.78 Å². The van der Waals surface area contributed by atoms with Crippen LogP contribution in [0.2, 0.25) is 0 Å². The quantitative estimate of drug-likeness (QED) is 0.0103. The van der Waals surface area contributed by atoms with Gasteiger partial charge in [0.15, 0.2) is 0 Å². The maximum absolute atomic E-state index is 15.4. The maximum atomic E-state index is 15.4. The fourth-order valence-corrected chi connectivity index (χ4v) is 12.7. The molecule has 0 bridgehead atoms. The molecule has 4 fully saturated rings. The number of nitrogens with zero attached hydrogens (tertiary/aromatic N) is 6. The van der Waals surface area contributed by atoms with Crippen LogP contribution in [0.3, 0.4) is 0 Å². The number of hydrogen-bond donors (Lipinski definition) is 7. The summed E-state index contributed by atoms with van der Waals surface area (Å²) in [5, 5.41) is 26.5. The molecule has 2 unspecified atom stereocenters. The summed E-state index contributed by atoms with van der Waals surface area (Å²) in [6.07, 6.45) is -4.73. The minimum Gasteiger partial charge on any atom is -0.459 e. The van der Waals surface area contributed by atoms with Gasteiger partial charge >= 0.3 is 30.3 Å². The molecule has 0 aromatic heterocycles. The number of fused-ring (bicyclic) bond motifs is 3. The molecule has 0 radical (unpaired) electrons. The highest BCUT2D eigenvalue weighted by Gasteiger charge is 2.37. The lowest BCUT2D eigenvalue weighted by Gasteiger charge is -2.36. The number of halogens is 2. The number of esters is 1. The van der Waals surface area contributed by atoms with Crippen molar-refractivity contribution < 1.29 is 81.0 Å². The monoisotopic (exact) mass is 1420 g/mol. The highest BCUT2D eigenvalue weighted by molar-refractivity contribution is 6.34. The number of amides is 6. The number of piperazine rings is 2. The van der Waals surface area contributed by atoms with Crippen LogP contribution in [-0.2, 0) is 42.9 Å². The third kappa shape index (κ3) is 20.2. The number of alkyl carbamates (subject to hydrolysis) is 2. The van der Waals surface area contributed by atoms with Gasteiger partial charge in [-0.25, -0.2) is 38.2 Å². The number of nitrogens with two attached hydrogens (primary N) is 1. The van der Waals surface area contributed by atoms with Crippen molar-refractivity contribution in [3.63, 3.8) is 0 Å². The molecule has 4 heterocycles. The number of ketones is 1. The summed E-state index contributed by atoms with van der Waals surface area (Å²) in [7, 11) is 0. The molecule has 6 aromatic carbocycles. The number of Topliss-reactive ketones (excluding diaryl/α,β-unsaturated/α-hetero) is 1. The molecule has 0 saturated carbocycles. The normalized spacial score (nSPS) is 17.2. The van der Waals surface area contributed by atoms with Crippen LogP contribution in [0.25, 0.3) is 11.1 Å². The summed E-state index contributed by atoms with van der Waals surface area (Å²) in [4.78, 5) is 110. The third-order valence-corrected chi connectivity index (χ3v) is 17.8. The van der Waals surface area contributed by atoms with Crippen molar-refractivity contribution in [2.75, 3.05) is 122 Å². The minimum atomic E-state index is -0.943. The van der Waals surface area contributed by atoms with E-state index in [9.17, 15) is 48.6 Å². The predicted molar refractivity (Wildman–Crippen MR) is 381 cm³/mol. The molecule has 6 amide bonds. The third-order valence-electron chi connectivity index (χ3n) is 17.8. The Kier molecular flexibility index (Phi) is 24.4. The SMILES string of the molecule is CC(C)(C)OC(=O)NC[C@H]1CN(c2ccc(N3CCN(C(=O)CCC(O)c4cccc(N)c4)CC3)c(F)c2)C(=O)O1.CC(C)(C)OC(=O)NC[C@H]1CN(c2ccc(N3CCN(C(=O)CCC(O)c4cccc(NNCC(=O)C(=O)OCC5c6ccccc6-c6ccccc65)c4)CC3)c(F)c2)C(=O)O1. The first-order valence-electron chi connectivity index (χ1n) is 34.4. The van der Waals surface area contributed by atoms with Gasteiger partial charge in [-0.1, -0.05) is 72.8 Å². The number of nitrogen functional groups attached to an aromatic ring is 1. The lowest BCUT2D eigenvalue weighted by molar-refractivity contribution is -0.153. The molecule has 4 saturated heterocycles. The number of carbonyl (C=O) groups excluding carboxylic acids is 8. The molecule has 26 nitrogen and oxygen atoms in total. The number of ether oxygens (including phenoxy) is 5. The molecule has 4 aliphatic heterocycles. The summed E-state index contributed by atoms with van der Waals surface area (Å²) >= 11 is 0. The number of rotatable bonds is 23. The number of nitrogens with one attached hydrogen (secondary N) is 4. The number of aliphatic hydroxyl groups is 2. The van der Waals surface area contributed by atoms with E-state index < -0.39 is 83.4 Å². The summed E-state index contributed by atoms with van der Waals surface area (Å²) in [5.74, 6) is -3.06. The van der Waals surface area contributed by atoms with E-state index in [0.29, 0.717) is 97.6 Å². The van der Waals surface area contributed by atoms with Crippen LogP contribution in [0.1, 0.15) is 108 Å². The Bertz CT molecular complexity index is 4020. The average Bonchev–Trinajstić information content (AvgIpc) is 1.72. The summed E-state index contributed by atoms with van der Waals surface area (Å²) in [6, 6.07) is 38.8. The lowest BCUT2D eigenvalue weighted by Crippen LogP contribution is -2.49. The van der Waals surface area contributed by atoms with Gasteiger partial charge < -0.3 is 75.3 Å². The molecule has 4 atom stereocenters. The number of cyclic esters (lactones) is 2. The lowest BCUT2D eigenvalue weighted by atomic mass is 9.98. The molecule has 11 rings (SSSR count). The number of carbonyl (C=O) groups is 8. The average molecular weight is 1420 g/mol. The first-order chi connectivity index (χ1) is 49.1. The number of aliphatic hydroxyl groups excluding tert-OH is 2. The molecule has 103 heavy (non-hydrogen) atoms. The molecular weight excluding hydrogens is 1330 g/mol. The Morgan fingerprint density at radius 1 is 0.573 bits per heavy atom. The van der Waals surface area contributed by atoms with Gasteiger partial charge in [0.2, 0.25) is 11.8 Å². The van der Waals surface area contributed by atoms with Gasteiger partial charge in [-0.2, -0.15) is 0 Å². The fraction of sp³-hybridized carbons (Fsp3) is 0.413. The second-order valence-corrected chi connectivity index (χ2v) is 27.6. The van der Waals surface area contributed by atoms with Crippen molar-refractivity contribution in [2.45, 2.75) is 109 Å². The van der Waals surface area contributed by atoms with Crippen LogP contribution in [0.15, 0.2) is 133 Å². The topological polar surface area (TPSA) is 317 Å². The van der Waals surface area contributed by atoms with E-state index in [1.54, 1.807) is 124 Å². The molecule has 28 heteroatoms. The first-order valence-corrected chi connectivity index (χ1v) is 34.4. The van der Waals surface area contributed by atoms with Gasteiger partial charge in [0.05, 0.1) is 67.7 Å². The van der Waals surface area contributed by atoms with E-state index in [1.807, 2.05) is 58.3 Å². The predicted octanol–water partition coefficient (Wildman–Crippen LogP) is 9.10. The van der Waals surface area contributed by atoms with E-state index in [0.717, 1.165) is 22.3 Å². The summed E-state index contributed by atoms with van der Waals surface area (Å²) < 4.78 is 57.1. The highest BCUT2D eigenvalue weighted by atomic mass is 19.1. The standard InChI is InChI=1S/C46H51FN6O9.C29H38FN5O6/c1-46(2,3)62-44(58)48-25-32-27-53(45(59)61-32)31-15-16-39(38(47)24-31)51-19-21-52(22-20-51)42(56)18-17-40(54)29-9-8-10-30(23-29)50-49-26-41(55)43(57)60-28-37-35-13-6-4-11-33(35)34-12-5-7-14-36(34)37;1-29(2,3)41-27(38)32-17-22-18-35(28(39)40-22)21-7-8-24(23(30)16-21)33-11-13-34(14-12-33)26(37)10-9-25(36)19-5-4-6-20(31)15-19/h4-16,23-24,32,37,40,49-50,54H,17-22,25-28H2,1-3H3,(H,48,58);4-8,15-16,22,25,36H,9-14,17-18,31H2,1-3H3,(H,32,38)/t32-,40?;22-,25?/m00/s1. The van der Waals surface area contributed by atoms with Crippen molar-refractivity contribution in [1.29, 1.82) is 0 Å². The van der Waals surface area contributed by atoms with Crippen molar-refractivity contribution in [2.24, 2.45) is 0 Å². The smallest absolute Gasteiger partial charge is 0.414 e. The Morgan fingerprint density at radius 3 is 1.47 bits per heavy atom. The molecular formula is C75H89F2N11O15.